The second-order valence-electron chi connectivity index (χ2n) is 4.06. The number of carbonyl (C=O) groups excluding carboxylic acids is 1. The van der Waals surface area contributed by atoms with Gasteiger partial charge in [0.25, 0.3) is 0 Å². The molecular formula is C15H15NOS. The van der Waals surface area contributed by atoms with E-state index in [4.69, 9.17) is 0 Å². The van der Waals surface area contributed by atoms with E-state index in [0.29, 0.717) is 0 Å². The Bertz CT molecular complexity index is 604. The van der Waals surface area contributed by atoms with Gasteiger partial charge in [0.05, 0.1) is 5.52 Å². The lowest BCUT2D eigenvalue weighted by molar-refractivity contribution is -0.109. The largest absolute Gasteiger partial charge is 0.288 e. The Balaban J connectivity index is 2.24. The highest BCUT2D eigenvalue weighted by atomic mass is 32.2. The summed E-state index contributed by atoms with van der Waals surface area (Å²) in [6, 6.07) is 8.18. The Labute approximate surface area is 111 Å². The van der Waals surface area contributed by atoms with E-state index in [1.807, 2.05) is 18.3 Å². The van der Waals surface area contributed by atoms with Crippen molar-refractivity contribution in [2.24, 2.45) is 0 Å². The molecule has 0 bridgehead atoms. The smallest absolute Gasteiger partial charge is 0.186 e. The standard InChI is InChI=1S/C15H15NOS/c1-11-13(6-4-10-18-12(2)17)7-8-14-5-3-9-16-15(11)14/h3-9H,10H2,1-2H3. The zero-order valence-electron chi connectivity index (χ0n) is 10.5. The first-order valence-electron chi connectivity index (χ1n) is 5.83. The lowest BCUT2D eigenvalue weighted by Crippen LogP contribution is -1.87. The molecule has 0 aliphatic heterocycles. The van der Waals surface area contributed by atoms with Crippen molar-refractivity contribution in [1.82, 2.24) is 4.98 Å². The van der Waals surface area contributed by atoms with Crippen LogP contribution in [0.1, 0.15) is 18.1 Å². The van der Waals surface area contributed by atoms with Gasteiger partial charge in [0.2, 0.25) is 0 Å². The first-order valence-corrected chi connectivity index (χ1v) is 6.81. The normalized spacial score (nSPS) is 11.2. The molecule has 92 valence electrons. The summed E-state index contributed by atoms with van der Waals surface area (Å²) < 4.78 is 0. The van der Waals surface area contributed by atoms with Crippen molar-refractivity contribution in [3.63, 3.8) is 0 Å². The highest BCUT2D eigenvalue weighted by molar-refractivity contribution is 8.13. The first-order chi connectivity index (χ1) is 8.68. The fourth-order valence-corrected chi connectivity index (χ4v) is 2.26. The van der Waals surface area contributed by atoms with Gasteiger partial charge in [-0.15, -0.1) is 0 Å². The second kappa shape index (κ2) is 5.83. The molecule has 3 heteroatoms. The van der Waals surface area contributed by atoms with E-state index in [1.165, 1.54) is 17.3 Å². The minimum absolute atomic E-state index is 0.150. The van der Waals surface area contributed by atoms with Crippen molar-refractivity contribution in [3.8, 4) is 0 Å². The Kier molecular flexibility index (Phi) is 4.15. The number of aryl methyl sites for hydroxylation is 1. The highest BCUT2D eigenvalue weighted by Crippen LogP contribution is 2.20. The number of carbonyl (C=O) groups is 1. The van der Waals surface area contributed by atoms with Crippen LogP contribution < -0.4 is 0 Å². The molecular weight excluding hydrogens is 242 g/mol. The topological polar surface area (TPSA) is 30.0 Å². The fraction of sp³-hybridized carbons (Fsp3) is 0.200. The van der Waals surface area contributed by atoms with Gasteiger partial charge < -0.3 is 0 Å². The van der Waals surface area contributed by atoms with Crippen LogP contribution >= 0.6 is 11.8 Å². The summed E-state index contributed by atoms with van der Waals surface area (Å²) in [6.45, 7) is 3.66. The zero-order valence-corrected chi connectivity index (χ0v) is 11.3. The van der Waals surface area contributed by atoms with E-state index in [1.54, 1.807) is 6.92 Å². The van der Waals surface area contributed by atoms with Gasteiger partial charge in [-0.05, 0) is 24.1 Å². The molecule has 0 fully saturated rings. The van der Waals surface area contributed by atoms with Gasteiger partial charge in [0.1, 0.15) is 0 Å². The van der Waals surface area contributed by atoms with Gasteiger partial charge >= 0.3 is 0 Å². The molecule has 0 unspecified atom stereocenters. The SMILES string of the molecule is CC(=O)SCC=Cc1ccc2cccnc2c1C. The highest BCUT2D eigenvalue weighted by Gasteiger charge is 2.01. The second-order valence-corrected chi connectivity index (χ2v) is 5.26. The average Bonchev–Trinajstić information content (AvgIpc) is 2.37. The quantitative estimate of drug-likeness (QED) is 0.837. The van der Waals surface area contributed by atoms with Gasteiger partial charge in [-0.2, -0.15) is 0 Å². The maximum absolute atomic E-state index is 10.8. The Hall–Kier alpha value is -1.61. The Morgan fingerprint density at radius 3 is 3.00 bits per heavy atom. The van der Waals surface area contributed by atoms with Crippen LogP contribution in [0.3, 0.4) is 0 Å². The summed E-state index contributed by atoms with van der Waals surface area (Å²) in [5.74, 6) is 0.717. The lowest BCUT2D eigenvalue weighted by Gasteiger charge is -2.04. The van der Waals surface area contributed by atoms with Crippen molar-refractivity contribution in [3.05, 3.63) is 47.7 Å². The molecule has 0 amide bonds. The minimum Gasteiger partial charge on any atom is -0.288 e. The van der Waals surface area contributed by atoms with Crippen molar-refractivity contribution >= 4 is 33.9 Å². The van der Waals surface area contributed by atoms with Crippen LogP contribution in [0.25, 0.3) is 17.0 Å². The molecule has 0 aliphatic rings. The summed E-state index contributed by atoms with van der Waals surface area (Å²) in [7, 11) is 0. The third-order valence-electron chi connectivity index (χ3n) is 2.75. The number of fused-ring (bicyclic) bond motifs is 1. The number of hydrogen-bond acceptors (Lipinski definition) is 3. The van der Waals surface area contributed by atoms with E-state index in [2.05, 4.69) is 36.2 Å². The molecule has 0 atom stereocenters. The summed E-state index contributed by atoms with van der Waals surface area (Å²) in [5.41, 5.74) is 3.38. The maximum atomic E-state index is 10.8. The van der Waals surface area contributed by atoms with Crippen LogP contribution in [0.4, 0.5) is 0 Å². The molecule has 0 aliphatic carbocycles. The predicted octanol–water partition coefficient (Wildman–Crippen LogP) is 3.84. The third kappa shape index (κ3) is 2.99. The van der Waals surface area contributed by atoms with Gasteiger partial charge in [-0.3, -0.25) is 9.78 Å². The Morgan fingerprint density at radius 2 is 2.22 bits per heavy atom. The van der Waals surface area contributed by atoms with Crippen LogP contribution in [0.15, 0.2) is 36.5 Å². The molecule has 2 rings (SSSR count). The van der Waals surface area contributed by atoms with Crippen LogP contribution in [-0.2, 0) is 4.79 Å². The van der Waals surface area contributed by atoms with E-state index in [9.17, 15) is 4.79 Å². The van der Waals surface area contributed by atoms with Gasteiger partial charge in [0.15, 0.2) is 5.12 Å². The molecule has 1 aromatic heterocycles. The van der Waals surface area contributed by atoms with Crippen molar-refractivity contribution in [2.75, 3.05) is 5.75 Å². The van der Waals surface area contributed by atoms with E-state index < -0.39 is 0 Å². The number of benzene rings is 1. The number of rotatable bonds is 3. The summed E-state index contributed by atoms with van der Waals surface area (Å²) in [5, 5.41) is 1.31. The monoisotopic (exact) mass is 257 g/mol. The molecule has 1 heterocycles. The third-order valence-corrected chi connectivity index (χ3v) is 3.52. The number of nitrogens with zero attached hydrogens (tertiary/aromatic N) is 1. The molecule has 0 radical (unpaired) electrons. The number of pyridine rings is 1. The van der Waals surface area contributed by atoms with E-state index in [-0.39, 0.29) is 5.12 Å². The fourth-order valence-electron chi connectivity index (χ4n) is 1.83. The Morgan fingerprint density at radius 1 is 1.39 bits per heavy atom. The van der Waals surface area contributed by atoms with Crippen molar-refractivity contribution < 1.29 is 4.79 Å². The summed E-state index contributed by atoms with van der Waals surface area (Å²) >= 11 is 1.32. The van der Waals surface area contributed by atoms with E-state index >= 15 is 0 Å². The minimum atomic E-state index is 0.150. The van der Waals surface area contributed by atoms with Gasteiger partial charge in [-0.25, -0.2) is 0 Å². The van der Waals surface area contributed by atoms with Gasteiger partial charge in [-0.1, -0.05) is 42.1 Å². The molecule has 0 spiro atoms. The molecule has 18 heavy (non-hydrogen) atoms. The molecule has 2 nitrogen and oxygen atoms in total. The average molecular weight is 257 g/mol. The van der Waals surface area contributed by atoms with Crippen molar-refractivity contribution in [1.29, 1.82) is 0 Å². The van der Waals surface area contributed by atoms with Crippen LogP contribution in [0.2, 0.25) is 0 Å². The molecule has 0 N–H and O–H groups in total. The van der Waals surface area contributed by atoms with Crippen LogP contribution in [0, 0.1) is 6.92 Å². The zero-order chi connectivity index (χ0) is 13.0. The van der Waals surface area contributed by atoms with Crippen molar-refractivity contribution in [2.45, 2.75) is 13.8 Å². The molecule has 1 aromatic carbocycles. The van der Waals surface area contributed by atoms with Crippen LogP contribution in [0.5, 0.6) is 0 Å². The summed E-state index contributed by atoms with van der Waals surface area (Å²) in [6.07, 6.45) is 5.89. The summed E-state index contributed by atoms with van der Waals surface area (Å²) in [4.78, 5) is 15.2. The van der Waals surface area contributed by atoms with Crippen LogP contribution in [-0.4, -0.2) is 15.9 Å². The molecule has 0 saturated carbocycles. The first kappa shape index (κ1) is 12.8. The molecule has 0 saturated heterocycles. The van der Waals surface area contributed by atoms with Gasteiger partial charge in [0, 0.05) is 24.3 Å². The number of hydrogen-bond donors (Lipinski definition) is 0. The predicted molar refractivity (Wildman–Crippen MR) is 78.7 cm³/mol. The maximum Gasteiger partial charge on any atom is 0.186 e. The van der Waals surface area contributed by atoms with E-state index in [0.717, 1.165) is 22.2 Å². The number of aromatic nitrogens is 1. The lowest BCUT2D eigenvalue weighted by atomic mass is 10.0. The molecule has 2 aromatic rings. The number of thioether (sulfide) groups is 1.